The van der Waals surface area contributed by atoms with Gasteiger partial charge in [-0.15, -0.1) is 0 Å². The molecule has 76 valence electrons. The van der Waals surface area contributed by atoms with E-state index in [1.54, 1.807) is 6.07 Å². The topological polar surface area (TPSA) is 30.2 Å². The van der Waals surface area contributed by atoms with Gasteiger partial charge >= 0.3 is 0 Å². The highest BCUT2D eigenvalue weighted by Crippen LogP contribution is 2.45. The van der Waals surface area contributed by atoms with Crippen molar-refractivity contribution in [1.82, 2.24) is 0 Å². The Balaban J connectivity index is 2.34. The van der Waals surface area contributed by atoms with Crippen molar-refractivity contribution in [3.8, 4) is 0 Å². The minimum absolute atomic E-state index is 0.289. The lowest BCUT2D eigenvalue weighted by molar-refractivity contribution is 0.110. The molecule has 1 fully saturated rings. The van der Waals surface area contributed by atoms with Crippen molar-refractivity contribution in [3.63, 3.8) is 0 Å². The highest BCUT2D eigenvalue weighted by atomic mass is 19.1. The smallest absolute Gasteiger partial charge is 0.185 e. The summed E-state index contributed by atoms with van der Waals surface area (Å²) in [4.78, 5) is 10.8. The fourth-order valence-corrected chi connectivity index (χ4v) is 1.99. The minimum atomic E-state index is -0.289. The van der Waals surface area contributed by atoms with Crippen LogP contribution in [0.4, 0.5) is 4.39 Å². The number of benzene rings is 1. The van der Waals surface area contributed by atoms with E-state index in [-0.39, 0.29) is 5.82 Å². The summed E-state index contributed by atoms with van der Waals surface area (Å²) >= 11 is 0. The Morgan fingerprint density at radius 1 is 1.40 bits per heavy atom. The van der Waals surface area contributed by atoms with Crippen molar-refractivity contribution in [3.05, 3.63) is 35.3 Å². The van der Waals surface area contributed by atoms with Gasteiger partial charge in [0.25, 0.3) is 0 Å². The van der Waals surface area contributed by atoms with Gasteiger partial charge in [-0.2, -0.15) is 0 Å². The third kappa shape index (κ3) is 1.27. The molecule has 0 N–H and O–H groups in total. The first kappa shape index (κ1) is 8.65. The predicted molar refractivity (Wildman–Crippen MR) is 53.5 cm³/mol. The summed E-state index contributed by atoms with van der Waals surface area (Å²) in [6.45, 7) is 0. The average molecular weight is 204 g/mol. The first-order chi connectivity index (χ1) is 7.29. The van der Waals surface area contributed by atoms with Gasteiger partial charge in [0.05, 0.1) is 0 Å². The standard InChI is InChI=1S/C12H9FO2/c13-8-3-4-10-9(5-8)12(7-1-2-7)11(6-14)15-10/h3-7H,1-2H2. The summed E-state index contributed by atoms with van der Waals surface area (Å²) < 4.78 is 18.5. The van der Waals surface area contributed by atoms with E-state index in [9.17, 15) is 9.18 Å². The monoisotopic (exact) mass is 204 g/mol. The number of carbonyl (C=O) groups is 1. The van der Waals surface area contributed by atoms with Crippen molar-refractivity contribution >= 4 is 17.3 Å². The van der Waals surface area contributed by atoms with Gasteiger partial charge < -0.3 is 4.42 Å². The quantitative estimate of drug-likeness (QED) is 0.703. The molecule has 0 radical (unpaired) electrons. The number of hydrogen-bond acceptors (Lipinski definition) is 2. The van der Waals surface area contributed by atoms with Crippen molar-refractivity contribution in [2.45, 2.75) is 18.8 Å². The van der Waals surface area contributed by atoms with Gasteiger partial charge in [0, 0.05) is 10.9 Å². The van der Waals surface area contributed by atoms with Crippen LogP contribution in [-0.4, -0.2) is 6.29 Å². The Labute approximate surface area is 85.7 Å². The lowest BCUT2D eigenvalue weighted by atomic mass is 10.1. The van der Waals surface area contributed by atoms with Gasteiger partial charge in [-0.3, -0.25) is 4.79 Å². The maximum Gasteiger partial charge on any atom is 0.185 e. The van der Waals surface area contributed by atoms with E-state index in [4.69, 9.17) is 4.42 Å². The summed E-state index contributed by atoms with van der Waals surface area (Å²) in [5, 5.41) is 0.750. The average Bonchev–Trinajstić information content (AvgIpc) is 2.99. The van der Waals surface area contributed by atoms with Crippen molar-refractivity contribution in [2.24, 2.45) is 0 Å². The normalized spacial score (nSPS) is 15.8. The number of furan rings is 1. The molecule has 3 rings (SSSR count). The van der Waals surface area contributed by atoms with Gasteiger partial charge in [0.1, 0.15) is 11.4 Å². The molecular formula is C12H9FO2. The summed E-state index contributed by atoms with van der Waals surface area (Å²) in [6, 6.07) is 4.36. The van der Waals surface area contributed by atoms with Gasteiger partial charge in [-0.05, 0) is 37.0 Å². The van der Waals surface area contributed by atoms with E-state index >= 15 is 0 Å². The van der Waals surface area contributed by atoms with E-state index in [1.165, 1.54) is 12.1 Å². The fraction of sp³-hybridized carbons (Fsp3) is 0.250. The number of carbonyl (C=O) groups excluding carboxylic acids is 1. The van der Waals surface area contributed by atoms with E-state index in [1.807, 2.05) is 0 Å². The number of fused-ring (bicyclic) bond motifs is 1. The lowest BCUT2D eigenvalue weighted by Gasteiger charge is -1.94. The Morgan fingerprint density at radius 2 is 2.20 bits per heavy atom. The van der Waals surface area contributed by atoms with Gasteiger partial charge in [-0.25, -0.2) is 4.39 Å². The van der Waals surface area contributed by atoms with Crippen LogP contribution in [0.15, 0.2) is 22.6 Å². The SMILES string of the molecule is O=Cc1oc2ccc(F)cc2c1C1CC1. The second-order valence-corrected chi connectivity index (χ2v) is 3.91. The Hall–Kier alpha value is -1.64. The molecule has 0 atom stereocenters. The minimum Gasteiger partial charge on any atom is -0.453 e. The Morgan fingerprint density at radius 3 is 2.87 bits per heavy atom. The van der Waals surface area contributed by atoms with E-state index in [0.29, 0.717) is 23.5 Å². The molecule has 0 amide bonds. The second kappa shape index (κ2) is 2.92. The first-order valence-corrected chi connectivity index (χ1v) is 4.96. The van der Waals surface area contributed by atoms with Crippen LogP contribution in [0, 0.1) is 5.82 Å². The number of hydrogen-bond donors (Lipinski definition) is 0. The summed E-state index contributed by atoms with van der Waals surface area (Å²) in [5.41, 5.74) is 1.49. The molecule has 1 aromatic carbocycles. The molecule has 0 bridgehead atoms. The van der Waals surface area contributed by atoms with E-state index < -0.39 is 0 Å². The van der Waals surface area contributed by atoms with Crippen molar-refractivity contribution in [1.29, 1.82) is 0 Å². The van der Waals surface area contributed by atoms with E-state index in [2.05, 4.69) is 0 Å². The zero-order valence-corrected chi connectivity index (χ0v) is 8.00. The number of rotatable bonds is 2. The van der Waals surface area contributed by atoms with Crippen LogP contribution in [0.2, 0.25) is 0 Å². The van der Waals surface area contributed by atoms with Crippen LogP contribution >= 0.6 is 0 Å². The third-order valence-electron chi connectivity index (χ3n) is 2.81. The molecule has 1 aromatic heterocycles. The van der Waals surface area contributed by atoms with Crippen LogP contribution in [0.25, 0.3) is 11.0 Å². The van der Waals surface area contributed by atoms with Gasteiger partial charge in [0.2, 0.25) is 0 Å². The molecule has 1 saturated carbocycles. The lowest BCUT2D eigenvalue weighted by Crippen LogP contribution is -1.84. The third-order valence-corrected chi connectivity index (χ3v) is 2.81. The molecule has 1 heterocycles. The maximum atomic E-state index is 13.1. The summed E-state index contributed by atoms with van der Waals surface area (Å²) in [5.74, 6) is 0.453. The van der Waals surface area contributed by atoms with Crippen LogP contribution in [-0.2, 0) is 0 Å². The molecule has 0 saturated heterocycles. The van der Waals surface area contributed by atoms with Crippen molar-refractivity contribution in [2.75, 3.05) is 0 Å². The highest BCUT2D eigenvalue weighted by molar-refractivity contribution is 5.90. The Bertz CT molecular complexity index is 538. The van der Waals surface area contributed by atoms with Gasteiger partial charge in [0.15, 0.2) is 12.0 Å². The molecular weight excluding hydrogens is 195 g/mol. The highest BCUT2D eigenvalue weighted by Gasteiger charge is 2.30. The first-order valence-electron chi connectivity index (χ1n) is 4.96. The molecule has 0 aliphatic heterocycles. The van der Waals surface area contributed by atoms with Crippen LogP contribution in [0.3, 0.4) is 0 Å². The molecule has 15 heavy (non-hydrogen) atoms. The summed E-state index contributed by atoms with van der Waals surface area (Å²) in [7, 11) is 0. The van der Waals surface area contributed by atoms with Gasteiger partial charge in [-0.1, -0.05) is 0 Å². The molecule has 0 unspecified atom stereocenters. The molecule has 2 aromatic rings. The number of aldehydes is 1. The zero-order valence-electron chi connectivity index (χ0n) is 8.00. The predicted octanol–water partition coefficient (Wildman–Crippen LogP) is 3.26. The largest absolute Gasteiger partial charge is 0.453 e. The molecule has 1 aliphatic carbocycles. The Kier molecular flexibility index (Phi) is 1.69. The van der Waals surface area contributed by atoms with E-state index in [0.717, 1.165) is 23.8 Å². The van der Waals surface area contributed by atoms with Crippen LogP contribution in [0.5, 0.6) is 0 Å². The molecule has 2 nitrogen and oxygen atoms in total. The van der Waals surface area contributed by atoms with Crippen LogP contribution in [0.1, 0.15) is 34.9 Å². The number of halogens is 1. The van der Waals surface area contributed by atoms with Crippen molar-refractivity contribution < 1.29 is 13.6 Å². The van der Waals surface area contributed by atoms with Crippen LogP contribution < -0.4 is 0 Å². The second-order valence-electron chi connectivity index (χ2n) is 3.91. The molecule has 3 heteroatoms. The zero-order chi connectivity index (χ0) is 10.4. The molecule has 1 aliphatic rings. The molecule has 0 spiro atoms. The fourth-order valence-electron chi connectivity index (χ4n) is 1.99. The maximum absolute atomic E-state index is 13.1. The summed E-state index contributed by atoms with van der Waals surface area (Å²) in [6.07, 6.45) is 2.84.